The number of hydrogen-bond donors (Lipinski definition) is 0. The second-order valence-electron chi connectivity index (χ2n) is 5.62. The highest BCUT2D eigenvalue weighted by molar-refractivity contribution is 7.13. The van der Waals surface area contributed by atoms with Gasteiger partial charge in [-0.05, 0) is 41.9 Å². The molecule has 25 heavy (non-hydrogen) atoms. The van der Waals surface area contributed by atoms with Gasteiger partial charge in [-0.25, -0.2) is 13.3 Å². The number of aromatic nitrogens is 2. The summed E-state index contributed by atoms with van der Waals surface area (Å²) >= 11 is 1.16. The Morgan fingerprint density at radius 1 is 1.24 bits per heavy atom. The molecule has 0 atom stereocenters. The number of carbonyl (C=O) groups is 1. The summed E-state index contributed by atoms with van der Waals surface area (Å²) in [6.45, 7) is 1.73. The lowest BCUT2D eigenvalue weighted by atomic mass is 10.1. The van der Waals surface area contributed by atoms with Crippen LogP contribution in [0.3, 0.4) is 0 Å². The van der Waals surface area contributed by atoms with Crippen LogP contribution in [0, 0.1) is 5.82 Å². The van der Waals surface area contributed by atoms with Crippen LogP contribution in [0.25, 0.3) is 15.9 Å². The number of benzene rings is 1. The van der Waals surface area contributed by atoms with Crippen molar-refractivity contribution in [3.63, 3.8) is 0 Å². The Kier molecular flexibility index (Phi) is 4.06. The van der Waals surface area contributed by atoms with Gasteiger partial charge in [0.05, 0.1) is 29.9 Å². The van der Waals surface area contributed by atoms with Crippen LogP contribution in [0.5, 0.6) is 0 Å². The molecule has 0 N–H and O–H groups in total. The summed E-state index contributed by atoms with van der Waals surface area (Å²) in [6.07, 6.45) is 1.61. The summed E-state index contributed by atoms with van der Waals surface area (Å²) in [5, 5.41) is 0.498. The number of ether oxygens (including phenoxy) is 1. The first-order chi connectivity index (χ1) is 12.1. The summed E-state index contributed by atoms with van der Waals surface area (Å²) in [6, 6.07) is 7.51. The van der Waals surface area contributed by atoms with E-state index in [4.69, 9.17) is 4.74 Å². The molecular formula is C17H14FN3O3S. The maximum absolute atomic E-state index is 14.2. The van der Waals surface area contributed by atoms with Crippen LogP contribution in [0.2, 0.25) is 0 Å². The monoisotopic (exact) mass is 359 g/mol. The zero-order chi connectivity index (χ0) is 17.4. The minimum absolute atomic E-state index is 0.0447. The Hall–Kier alpha value is -2.58. The second kappa shape index (κ2) is 6.38. The summed E-state index contributed by atoms with van der Waals surface area (Å²) in [4.78, 5) is 31.4. The standard InChI is InChI=1S/C17H14FN3O3S/c18-14-4-3-11(10-13(14)16(22)20-6-8-24-9-7-20)21-17(23)12-2-1-5-19-15(12)25-21/h1-5,10H,6-9H2. The lowest BCUT2D eigenvalue weighted by molar-refractivity contribution is 0.0300. The van der Waals surface area contributed by atoms with Crippen molar-refractivity contribution in [2.45, 2.75) is 0 Å². The third-order valence-corrected chi connectivity index (χ3v) is 5.13. The normalized spacial score (nSPS) is 14.8. The molecule has 1 amide bonds. The molecule has 4 rings (SSSR count). The van der Waals surface area contributed by atoms with Crippen molar-refractivity contribution >= 4 is 27.7 Å². The quantitative estimate of drug-likeness (QED) is 0.703. The lowest BCUT2D eigenvalue weighted by Crippen LogP contribution is -2.41. The Morgan fingerprint density at radius 2 is 2.04 bits per heavy atom. The van der Waals surface area contributed by atoms with E-state index in [1.807, 2.05) is 0 Å². The van der Waals surface area contributed by atoms with E-state index in [1.165, 1.54) is 22.2 Å². The molecule has 1 aliphatic heterocycles. The van der Waals surface area contributed by atoms with Crippen LogP contribution in [-0.2, 0) is 4.74 Å². The zero-order valence-corrected chi connectivity index (χ0v) is 14.0. The second-order valence-corrected chi connectivity index (χ2v) is 6.55. The highest BCUT2D eigenvalue weighted by Crippen LogP contribution is 2.21. The Labute approximate surface area is 146 Å². The number of carbonyl (C=O) groups excluding carboxylic acids is 1. The van der Waals surface area contributed by atoms with Crippen molar-refractivity contribution in [1.82, 2.24) is 13.8 Å². The largest absolute Gasteiger partial charge is 0.378 e. The van der Waals surface area contributed by atoms with E-state index in [9.17, 15) is 14.0 Å². The van der Waals surface area contributed by atoms with E-state index in [0.717, 1.165) is 11.5 Å². The molecule has 0 radical (unpaired) electrons. The SMILES string of the molecule is O=C(c1cc(-n2sc3ncccc3c2=O)ccc1F)N1CCOCC1. The lowest BCUT2D eigenvalue weighted by Gasteiger charge is -2.27. The predicted octanol–water partition coefficient (Wildman–Crippen LogP) is 2.06. The highest BCUT2D eigenvalue weighted by atomic mass is 32.1. The van der Waals surface area contributed by atoms with E-state index in [2.05, 4.69) is 4.98 Å². The summed E-state index contributed by atoms with van der Waals surface area (Å²) in [5.41, 5.74) is 0.173. The molecule has 0 aliphatic carbocycles. The minimum atomic E-state index is -0.604. The molecule has 128 valence electrons. The molecule has 1 aliphatic rings. The van der Waals surface area contributed by atoms with Gasteiger partial charge < -0.3 is 9.64 Å². The van der Waals surface area contributed by atoms with Crippen molar-refractivity contribution in [2.24, 2.45) is 0 Å². The maximum Gasteiger partial charge on any atom is 0.274 e. The number of pyridine rings is 1. The van der Waals surface area contributed by atoms with E-state index < -0.39 is 11.7 Å². The minimum Gasteiger partial charge on any atom is -0.378 e. The summed E-state index contributed by atoms with van der Waals surface area (Å²) < 4.78 is 20.9. The van der Waals surface area contributed by atoms with Crippen LogP contribution < -0.4 is 5.56 Å². The molecule has 3 heterocycles. The number of nitrogens with zero attached hydrogens (tertiary/aromatic N) is 3. The fourth-order valence-electron chi connectivity index (χ4n) is 2.77. The smallest absolute Gasteiger partial charge is 0.274 e. The Morgan fingerprint density at radius 3 is 2.80 bits per heavy atom. The first kappa shape index (κ1) is 15.9. The van der Waals surface area contributed by atoms with Gasteiger partial charge in [-0.3, -0.25) is 9.59 Å². The van der Waals surface area contributed by atoms with E-state index in [-0.39, 0.29) is 11.1 Å². The first-order valence-electron chi connectivity index (χ1n) is 7.79. The molecule has 1 saturated heterocycles. The number of fused-ring (bicyclic) bond motifs is 1. The van der Waals surface area contributed by atoms with Crippen molar-refractivity contribution in [1.29, 1.82) is 0 Å². The highest BCUT2D eigenvalue weighted by Gasteiger charge is 2.22. The van der Waals surface area contributed by atoms with Gasteiger partial charge in [-0.15, -0.1) is 0 Å². The number of amides is 1. The van der Waals surface area contributed by atoms with Gasteiger partial charge in [0, 0.05) is 19.3 Å². The molecular weight excluding hydrogens is 345 g/mol. The van der Waals surface area contributed by atoms with Crippen LogP contribution in [0.4, 0.5) is 4.39 Å². The number of rotatable bonds is 2. The summed E-state index contributed by atoms with van der Waals surface area (Å²) in [5.74, 6) is -0.998. The summed E-state index contributed by atoms with van der Waals surface area (Å²) in [7, 11) is 0. The number of morpholine rings is 1. The Bertz CT molecular complexity index is 1010. The van der Waals surface area contributed by atoms with Gasteiger partial charge >= 0.3 is 0 Å². The van der Waals surface area contributed by atoms with E-state index in [1.54, 1.807) is 23.2 Å². The van der Waals surface area contributed by atoms with Gasteiger partial charge in [-0.1, -0.05) is 0 Å². The van der Waals surface area contributed by atoms with Crippen LogP contribution in [-0.4, -0.2) is 46.1 Å². The molecule has 0 unspecified atom stereocenters. The average molecular weight is 359 g/mol. The maximum atomic E-state index is 14.2. The van der Waals surface area contributed by atoms with Crippen molar-refractivity contribution in [3.8, 4) is 5.69 Å². The fraction of sp³-hybridized carbons (Fsp3) is 0.235. The van der Waals surface area contributed by atoms with Crippen LogP contribution >= 0.6 is 11.5 Å². The molecule has 3 aromatic rings. The van der Waals surface area contributed by atoms with Crippen molar-refractivity contribution < 1.29 is 13.9 Å². The van der Waals surface area contributed by atoms with Gasteiger partial charge in [0.2, 0.25) is 0 Å². The van der Waals surface area contributed by atoms with Gasteiger partial charge in [0.25, 0.3) is 11.5 Å². The van der Waals surface area contributed by atoms with Gasteiger partial charge in [-0.2, -0.15) is 0 Å². The van der Waals surface area contributed by atoms with Crippen molar-refractivity contribution in [3.05, 3.63) is 58.3 Å². The number of halogens is 1. The molecule has 2 aromatic heterocycles. The molecule has 1 fully saturated rings. The van der Waals surface area contributed by atoms with E-state index >= 15 is 0 Å². The zero-order valence-electron chi connectivity index (χ0n) is 13.1. The topological polar surface area (TPSA) is 64.4 Å². The van der Waals surface area contributed by atoms with Gasteiger partial charge in [0.15, 0.2) is 0 Å². The molecule has 0 spiro atoms. The molecule has 0 bridgehead atoms. The molecule has 1 aromatic carbocycles. The van der Waals surface area contributed by atoms with Crippen molar-refractivity contribution in [2.75, 3.05) is 26.3 Å². The average Bonchev–Trinajstić information content (AvgIpc) is 2.99. The third-order valence-electron chi connectivity index (χ3n) is 4.08. The Balaban J connectivity index is 1.77. The molecule has 0 saturated carbocycles. The fourth-order valence-corrected chi connectivity index (χ4v) is 3.71. The van der Waals surface area contributed by atoms with Crippen LogP contribution in [0.15, 0.2) is 41.3 Å². The number of hydrogen-bond acceptors (Lipinski definition) is 5. The molecule has 6 nitrogen and oxygen atoms in total. The third kappa shape index (κ3) is 2.83. The van der Waals surface area contributed by atoms with E-state index in [0.29, 0.717) is 42.2 Å². The molecule has 8 heteroatoms. The van der Waals surface area contributed by atoms with Gasteiger partial charge in [0.1, 0.15) is 10.6 Å². The van der Waals surface area contributed by atoms with Crippen LogP contribution in [0.1, 0.15) is 10.4 Å². The predicted molar refractivity (Wildman–Crippen MR) is 91.9 cm³/mol. The first-order valence-corrected chi connectivity index (χ1v) is 8.56.